The van der Waals surface area contributed by atoms with Crippen molar-refractivity contribution in [2.45, 2.75) is 13.3 Å². The van der Waals surface area contributed by atoms with E-state index in [-0.39, 0.29) is 12.5 Å². The summed E-state index contributed by atoms with van der Waals surface area (Å²) in [5, 5.41) is 2.69. The molecule has 0 heterocycles. The van der Waals surface area contributed by atoms with Crippen LogP contribution in [0.1, 0.15) is 12.5 Å². The molecule has 0 aliphatic heterocycles. The Hall–Kier alpha value is -1.44. The summed E-state index contributed by atoms with van der Waals surface area (Å²) in [7, 11) is 0.651. The highest BCUT2D eigenvalue weighted by Crippen LogP contribution is 2.11. The van der Waals surface area contributed by atoms with Crippen LogP contribution in [0.15, 0.2) is 24.3 Å². The second-order valence-electron chi connectivity index (χ2n) is 4.65. The van der Waals surface area contributed by atoms with Gasteiger partial charge in [0, 0.05) is 26.8 Å². The molecule has 0 aromatic heterocycles. The Labute approximate surface area is 120 Å². The molecular weight excluding hydrogens is 278 g/mol. The first-order valence-corrected chi connectivity index (χ1v) is 7.69. The molecule has 1 N–H and O–H groups in total. The van der Waals surface area contributed by atoms with Crippen molar-refractivity contribution < 1.29 is 13.2 Å². The van der Waals surface area contributed by atoms with Gasteiger partial charge in [-0.05, 0) is 24.1 Å². The lowest BCUT2D eigenvalue weighted by atomic mass is 10.1. The van der Waals surface area contributed by atoms with Crippen LogP contribution in [0, 0.1) is 0 Å². The van der Waals surface area contributed by atoms with E-state index in [1.165, 1.54) is 21.1 Å². The van der Waals surface area contributed by atoms with Crippen LogP contribution in [-0.4, -0.2) is 50.6 Å². The van der Waals surface area contributed by atoms with Crippen LogP contribution < -0.4 is 5.32 Å². The van der Waals surface area contributed by atoms with Crippen LogP contribution in [0.2, 0.25) is 0 Å². The van der Waals surface area contributed by atoms with Crippen LogP contribution in [0.4, 0.5) is 5.69 Å². The summed E-state index contributed by atoms with van der Waals surface area (Å²) in [6, 6.07) is 7.48. The van der Waals surface area contributed by atoms with E-state index in [9.17, 15) is 13.2 Å². The molecule has 0 aliphatic rings. The number of hydrogen-bond acceptors (Lipinski definition) is 3. The predicted molar refractivity (Wildman–Crippen MR) is 79.7 cm³/mol. The number of anilines is 1. The number of likely N-dealkylation sites (N-methyl/N-ethyl adjacent to an activating group) is 1. The van der Waals surface area contributed by atoms with Gasteiger partial charge in [-0.3, -0.25) is 4.79 Å². The third-order valence-electron chi connectivity index (χ3n) is 2.84. The molecule has 0 saturated carbocycles. The quantitative estimate of drug-likeness (QED) is 0.849. The topological polar surface area (TPSA) is 69.7 Å². The second kappa shape index (κ2) is 6.83. The highest BCUT2D eigenvalue weighted by molar-refractivity contribution is 7.86. The molecule has 20 heavy (non-hydrogen) atoms. The molecule has 0 aliphatic carbocycles. The van der Waals surface area contributed by atoms with Crippen molar-refractivity contribution in [2.75, 3.05) is 33.0 Å². The first-order chi connectivity index (χ1) is 9.27. The zero-order valence-corrected chi connectivity index (χ0v) is 13.1. The Morgan fingerprint density at radius 1 is 1.25 bits per heavy atom. The van der Waals surface area contributed by atoms with Gasteiger partial charge >= 0.3 is 0 Å². The van der Waals surface area contributed by atoms with Gasteiger partial charge in [-0.2, -0.15) is 17.0 Å². The van der Waals surface area contributed by atoms with Gasteiger partial charge in [-0.15, -0.1) is 0 Å². The normalized spacial score (nSPS) is 11.9. The summed E-state index contributed by atoms with van der Waals surface area (Å²) < 4.78 is 25.7. The van der Waals surface area contributed by atoms with Gasteiger partial charge in [0.15, 0.2) is 0 Å². The summed E-state index contributed by atoms with van der Waals surface area (Å²) >= 11 is 0. The lowest BCUT2D eigenvalue weighted by Gasteiger charge is -2.20. The number of carbonyl (C=O) groups is 1. The van der Waals surface area contributed by atoms with E-state index < -0.39 is 10.2 Å². The molecule has 112 valence electrons. The number of nitrogens with one attached hydrogen (secondary N) is 1. The predicted octanol–water partition coefficient (Wildman–Crippen LogP) is 0.926. The van der Waals surface area contributed by atoms with E-state index in [4.69, 9.17) is 0 Å². The molecule has 0 radical (unpaired) electrons. The van der Waals surface area contributed by atoms with Gasteiger partial charge in [-0.1, -0.05) is 19.1 Å². The van der Waals surface area contributed by atoms with Crippen molar-refractivity contribution in [1.82, 2.24) is 8.61 Å². The molecule has 1 amide bonds. The standard InChI is InChI=1S/C13H21N3O3S/c1-5-11-7-6-8-12(9-11)14-13(17)10-16(4)20(18,19)15(2)3/h6-9H,5,10H2,1-4H3,(H,14,17). The largest absolute Gasteiger partial charge is 0.325 e. The van der Waals surface area contributed by atoms with Crippen LogP contribution >= 0.6 is 0 Å². The van der Waals surface area contributed by atoms with E-state index in [2.05, 4.69) is 5.32 Å². The van der Waals surface area contributed by atoms with Crippen LogP contribution in [0.3, 0.4) is 0 Å². The zero-order chi connectivity index (χ0) is 15.3. The molecule has 6 nitrogen and oxygen atoms in total. The Bertz CT molecular complexity index is 570. The number of rotatable bonds is 6. The molecule has 0 saturated heterocycles. The second-order valence-corrected chi connectivity index (χ2v) is 6.90. The SMILES string of the molecule is CCc1cccc(NC(=O)CN(C)S(=O)(=O)N(C)C)c1. The van der Waals surface area contributed by atoms with Crippen molar-refractivity contribution in [3.05, 3.63) is 29.8 Å². The van der Waals surface area contributed by atoms with Gasteiger partial charge < -0.3 is 5.32 Å². The van der Waals surface area contributed by atoms with Crippen LogP contribution in [0.5, 0.6) is 0 Å². The van der Waals surface area contributed by atoms with Gasteiger partial charge in [0.25, 0.3) is 10.2 Å². The van der Waals surface area contributed by atoms with Crippen molar-refractivity contribution in [1.29, 1.82) is 0 Å². The minimum Gasteiger partial charge on any atom is -0.325 e. The first kappa shape index (κ1) is 16.6. The summed E-state index contributed by atoms with van der Waals surface area (Å²) in [6.45, 7) is 1.80. The molecular formula is C13H21N3O3S. The molecule has 0 fully saturated rings. The summed E-state index contributed by atoms with van der Waals surface area (Å²) in [4.78, 5) is 11.9. The molecule has 0 bridgehead atoms. The Morgan fingerprint density at radius 3 is 2.45 bits per heavy atom. The number of nitrogens with zero attached hydrogens (tertiary/aromatic N) is 2. The van der Waals surface area contributed by atoms with E-state index in [1.54, 1.807) is 6.07 Å². The molecule has 0 spiro atoms. The number of aryl methyl sites for hydroxylation is 1. The minimum atomic E-state index is -3.57. The van der Waals surface area contributed by atoms with Crippen molar-refractivity contribution in [3.8, 4) is 0 Å². The van der Waals surface area contributed by atoms with Crippen molar-refractivity contribution in [3.63, 3.8) is 0 Å². The maximum Gasteiger partial charge on any atom is 0.281 e. The maximum atomic E-state index is 11.9. The van der Waals surface area contributed by atoms with Crippen LogP contribution in [-0.2, 0) is 21.4 Å². The first-order valence-electron chi connectivity index (χ1n) is 6.30. The molecule has 1 aromatic rings. The van der Waals surface area contributed by atoms with E-state index in [1.807, 2.05) is 25.1 Å². The minimum absolute atomic E-state index is 0.225. The fourth-order valence-corrected chi connectivity index (χ4v) is 2.47. The number of amides is 1. The number of carbonyl (C=O) groups excluding carboxylic acids is 1. The third-order valence-corrected chi connectivity index (χ3v) is 4.68. The smallest absolute Gasteiger partial charge is 0.281 e. The lowest BCUT2D eigenvalue weighted by molar-refractivity contribution is -0.116. The van der Waals surface area contributed by atoms with Crippen molar-refractivity contribution >= 4 is 21.8 Å². The van der Waals surface area contributed by atoms with Gasteiger partial charge in [0.2, 0.25) is 5.91 Å². The Balaban J connectivity index is 2.68. The molecule has 0 atom stereocenters. The average Bonchev–Trinajstić information content (AvgIpc) is 2.38. The molecule has 1 aromatic carbocycles. The van der Waals surface area contributed by atoms with Crippen LogP contribution in [0.25, 0.3) is 0 Å². The molecule has 0 unspecified atom stereocenters. The van der Waals surface area contributed by atoms with E-state index in [0.29, 0.717) is 5.69 Å². The Kier molecular flexibility index (Phi) is 5.67. The highest BCUT2D eigenvalue weighted by atomic mass is 32.2. The summed E-state index contributed by atoms with van der Waals surface area (Å²) in [5.41, 5.74) is 1.78. The molecule has 7 heteroatoms. The van der Waals surface area contributed by atoms with Gasteiger partial charge in [0.1, 0.15) is 0 Å². The molecule has 1 rings (SSSR count). The van der Waals surface area contributed by atoms with Gasteiger partial charge in [-0.25, -0.2) is 0 Å². The number of hydrogen-bond donors (Lipinski definition) is 1. The third kappa shape index (κ3) is 4.29. The number of benzene rings is 1. The van der Waals surface area contributed by atoms with E-state index in [0.717, 1.165) is 20.6 Å². The van der Waals surface area contributed by atoms with Crippen molar-refractivity contribution in [2.24, 2.45) is 0 Å². The monoisotopic (exact) mass is 299 g/mol. The average molecular weight is 299 g/mol. The van der Waals surface area contributed by atoms with Gasteiger partial charge in [0.05, 0.1) is 6.54 Å². The fourth-order valence-electron chi connectivity index (χ4n) is 1.63. The summed E-state index contributed by atoms with van der Waals surface area (Å²) in [5.74, 6) is -0.369. The lowest BCUT2D eigenvalue weighted by Crippen LogP contribution is -2.41. The highest BCUT2D eigenvalue weighted by Gasteiger charge is 2.22. The fraction of sp³-hybridized carbons (Fsp3) is 0.462. The Morgan fingerprint density at radius 2 is 1.90 bits per heavy atom. The van der Waals surface area contributed by atoms with E-state index >= 15 is 0 Å². The zero-order valence-electron chi connectivity index (χ0n) is 12.3. The summed E-state index contributed by atoms with van der Waals surface area (Å²) in [6.07, 6.45) is 0.874. The maximum absolute atomic E-state index is 11.9.